The van der Waals surface area contributed by atoms with E-state index in [2.05, 4.69) is 86.8 Å². The van der Waals surface area contributed by atoms with Gasteiger partial charge < -0.3 is 33.3 Å². The monoisotopic (exact) mass is 1160 g/mol. The third-order valence-electron chi connectivity index (χ3n) is 15.5. The standard InChI is InChI=1S/C74H133NO8/c1-6-8-10-12-14-16-18-20-22-24-25-26-27-28-29-30-31-32-33-34-35-36-37-38-39-40-41-42-43-44-45-46-47-49-51-53-55-57-59-61-63-65-72(77)83-70(69-82-74(73(78)79)80-67-66-75(3,4)5)68-81-71(76)64-62-60-58-56-54-52-50-48-23-21-19-17-15-13-11-9-7-2/h8,10,14,16,20,22,25-26,28-29,31-32,70,74H,6-7,9,11-13,15,17-19,21,23-24,27,30,33-69H2,1-5H3/b10-8-,16-14-,22-20-,26-25-,29-28-,32-31-. The summed E-state index contributed by atoms with van der Waals surface area (Å²) in [6.07, 6.45) is 82.8. The lowest BCUT2D eigenvalue weighted by Gasteiger charge is -2.26. The van der Waals surface area contributed by atoms with E-state index in [-0.39, 0.29) is 32.2 Å². The molecule has 0 rings (SSSR count). The number of allylic oxidation sites excluding steroid dienone is 12. The van der Waals surface area contributed by atoms with E-state index in [1.165, 1.54) is 218 Å². The van der Waals surface area contributed by atoms with Gasteiger partial charge in [-0.3, -0.25) is 9.59 Å². The van der Waals surface area contributed by atoms with E-state index in [1.807, 2.05) is 21.1 Å². The van der Waals surface area contributed by atoms with Crippen LogP contribution in [-0.4, -0.2) is 82.3 Å². The van der Waals surface area contributed by atoms with Crippen molar-refractivity contribution in [2.75, 3.05) is 47.5 Å². The predicted octanol–water partition coefficient (Wildman–Crippen LogP) is 20.4. The third kappa shape index (κ3) is 66.1. The summed E-state index contributed by atoms with van der Waals surface area (Å²) in [6, 6.07) is 0. The lowest BCUT2D eigenvalue weighted by atomic mass is 10.0. The Kier molecular flexibility index (Phi) is 62.2. The van der Waals surface area contributed by atoms with Crippen molar-refractivity contribution in [1.29, 1.82) is 0 Å². The van der Waals surface area contributed by atoms with Crippen molar-refractivity contribution in [2.24, 2.45) is 0 Å². The zero-order valence-corrected chi connectivity index (χ0v) is 55.1. The summed E-state index contributed by atoms with van der Waals surface area (Å²) in [5.74, 6) is -2.26. The minimum Gasteiger partial charge on any atom is -0.545 e. The number of nitrogens with zero attached hydrogens (tertiary/aromatic N) is 1. The Labute approximate surface area is 513 Å². The Morgan fingerprint density at radius 2 is 0.687 bits per heavy atom. The highest BCUT2D eigenvalue weighted by Crippen LogP contribution is 2.18. The van der Waals surface area contributed by atoms with Gasteiger partial charge in [0.2, 0.25) is 0 Å². The largest absolute Gasteiger partial charge is 0.545 e. The number of carbonyl (C=O) groups is 3. The molecule has 0 aliphatic rings. The number of carboxylic acids is 1. The second-order valence-electron chi connectivity index (χ2n) is 24.8. The summed E-state index contributed by atoms with van der Waals surface area (Å²) in [4.78, 5) is 37.4. The van der Waals surface area contributed by atoms with Crippen LogP contribution >= 0.6 is 0 Å². The first kappa shape index (κ1) is 79.7. The number of hydrogen-bond donors (Lipinski definition) is 0. The summed E-state index contributed by atoms with van der Waals surface area (Å²) in [6.45, 7) is 4.68. The second-order valence-corrected chi connectivity index (χ2v) is 24.8. The highest BCUT2D eigenvalue weighted by atomic mass is 16.7. The normalized spacial score (nSPS) is 13.1. The van der Waals surface area contributed by atoms with Gasteiger partial charge in [-0.05, 0) is 64.2 Å². The molecule has 0 saturated heterocycles. The first-order valence-corrected chi connectivity index (χ1v) is 35.1. The van der Waals surface area contributed by atoms with Gasteiger partial charge in [0, 0.05) is 12.8 Å². The minimum absolute atomic E-state index is 0.150. The maximum atomic E-state index is 12.9. The van der Waals surface area contributed by atoms with Crippen LogP contribution in [0.25, 0.3) is 0 Å². The zero-order valence-electron chi connectivity index (χ0n) is 55.1. The predicted molar refractivity (Wildman–Crippen MR) is 352 cm³/mol. The molecule has 0 saturated carbocycles. The van der Waals surface area contributed by atoms with Gasteiger partial charge in [-0.1, -0.05) is 318 Å². The van der Waals surface area contributed by atoms with Crippen LogP contribution in [0.1, 0.15) is 322 Å². The molecule has 482 valence electrons. The van der Waals surface area contributed by atoms with Crippen molar-refractivity contribution >= 4 is 17.9 Å². The van der Waals surface area contributed by atoms with Gasteiger partial charge in [0.05, 0.1) is 40.3 Å². The van der Waals surface area contributed by atoms with Crippen LogP contribution in [0.3, 0.4) is 0 Å². The fourth-order valence-electron chi connectivity index (χ4n) is 10.1. The van der Waals surface area contributed by atoms with Crippen LogP contribution in [0, 0.1) is 0 Å². The Morgan fingerprint density at radius 1 is 0.373 bits per heavy atom. The van der Waals surface area contributed by atoms with Crippen LogP contribution in [0.5, 0.6) is 0 Å². The van der Waals surface area contributed by atoms with E-state index in [0.717, 1.165) is 70.6 Å². The van der Waals surface area contributed by atoms with E-state index in [9.17, 15) is 19.5 Å². The van der Waals surface area contributed by atoms with Crippen molar-refractivity contribution in [2.45, 2.75) is 334 Å². The van der Waals surface area contributed by atoms with E-state index < -0.39 is 24.3 Å². The molecule has 0 spiro atoms. The number of carbonyl (C=O) groups excluding carboxylic acids is 3. The van der Waals surface area contributed by atoms with Gasteiger partial charge in [-0.15, -0.1) is 0 Å². The first-order chi connectivity index (χ1) is 40.6. The van der Waals surface area contributed by atoms with E-state index in [4.69, 9.17) is 18.9 Å². The van der Waals surface area contributed by atoms with Crippen LogP contribution in [0.2, 0.25) is 0 Å². The number of carboxylic acid groups (broad SMARTS) is 1. The van der Waals surface area contributed by atoms with Crippen LogP contribution < -0.4 is 5.11 Å². The van der Waals surface area contributed by atoms with E-state index in [0.29, 0.717) is 23.9 Å². The molecular weight excluding hydrogens is 1030 g/mol. The molecule has 9 nitrogen and oxygen atoms in total. The van der Waals surface area contributed by atoms with Crippen molar-refractivity contribution in [3.05, 3.63) is 72.9 Å². The fraction of sp³-hybridized carbons (Fsp3) is 0.797. The molecule has 0 aliphatic carbocycles. The molecular formula is C74H133NO8. The molecule has 0 N–H and O–H groups in total. The fourth-order valence-corrected chi connectivity index (χ4v) is 10.1. The van der Waals surface area contributed by atoms with Crippen molar-refractivity contribution in [1.82, 2.24) is 0 Å². The van der Waals surface area contributed by atoms with Crippen LogP contribution in [0.15, 0.2) is 72.9 Å². The zero-order chi connectivity index (χ0) is 60.5. The summed E-state index contributed by atoms with van der Waals surface area (Å²) in [5, 5.41) is 11.8. The van der Waals surface area contributed by atoms with Gasteiger partial charge in [0.1, 0.15) is 13.2 Å². The van der Waals surface area contributed by atoms with Gasteiger partial charge in [0.15, 0.2) is 12.4 Å². The van der Waals surface area contributed by atoms with Gasteiger partial charge in [-0.25, -0.2) is 0 Å². The number of likely N-dealkylation sites (N-methyl/N-ethyl adjacent to an activating group) is 1. The molecule has 0 aromatic carbocycles. The van der Waals surface area contributed by atoms with E-state index >= 15 is 0 Å². The van der Waals surface area contributed by atoms with E-state index in [1.54, 1.807) is 0 Å². The summed E-state index contributed by atoms with van der Waals surface area (Å²) in [7, 11) is 5.94. The molecule has 0 aliphatic heterocycles. The molecule has 0 fully saturated rings. The average Bonchev–Trinajstić information content (AvgIpc) is 3.46. The average molecular weight is 1160 g/mol. The molecule has 2 atom stereocenters. The highest BCUT2D eigenvalue weighted by molar-refractivity contribution is 5.70. The summed E-state index contributed by atoms with van der Waals surface area (Å²) < 4.78 is 22.8. The Morgan fingerprint density at radius 3 is 1.02 bits per heavy atom. The third-order valence-corrected chi connectivity index (χ3v) is 15.5. The highest BCUT2D eigenvalue weighted by Gasteiger charge is 2.22. The second kappa shape index (κ2) is 64.7. The molecule has 9 heteroatoms. The SMILES string of the molecule is CC/C=C\C/C=C\C/C=C\C/C=C\C/C=C\C/C=C\CCCCCCCCCCCCCCCCCCCCCCCCC(=O)OC(COC(=O)CCCCCCCCCCCCCCCCCCC)COC(OCC[N+](C)(C)C)C(=O)[O-]. The van der Waals surface area contributed by atoms with Crippen LogP contribution in [-0.2, 0) is 33.3 Å². The minimum atomic E-state index is -1.62. The quantitative estimate of drug-likeness (QED) is 0.0195. The summed E-state index contributed by atoms with van der Waals surface area (Å²) in [5.41, 5.74) is 0. The Bertz CT molecular complexity index is 1590. The molecule has 0 heterocycles. The number of rotatable bonds is 65. The molecule has 83 heavy (non-hydrogen) atoms. The summed E-state index contributed by atoms with van der Waals surface area (Å²) >= 11 is 0. The van der Waals surface area contributed by atoms with Crippen LogP contribution in [0.4, 0.5) is 0 Å². The number of unbranched alkanes of at least 4 members (excludes halogenated alkanes) is 38. The molecule has 0 aromatic rings. The molecule has 0 radical (unpaired) electrons. The smallest absolute Gasteiger partial charge is 0.306 e. The number of esters is 2. The van der Waals surface area contributed by atoms with Crippen molar-refractivity contribution in [3.63, 3.8) is 0 Å². The molecule has 0 aromatic heterocycles. The van der Waals surface area contributed by atoms with Crippen molar-refractivity contribution in [3.8, 4) is 0 Å². The molecule has 0 bridgehead atoms. The van der Waals surface area contributed by atoms with Gasteiger partial charge >= 0.3 is 11.9 Å². The maximum absolute atomic E-state index is 12.9. The number of hydrogen-bond acceptors (Lipinski definition) is 8. The molecule has 2 unspecified atom stereocenters. The number of aliphatic carboxylic acids is 1. The van der Waals surface area contributed by atoms with Crippen molar-refractivity contribution < 1.29 is 42.9 Å². The number of quaternary nitrogens is 1. The van der Waals surface area contributed by atoms with Gasteiger partial charge in [-0.2, -0.15) is 0 Å². The van der Waals surface area contributed by atoms with Gasteiger partial charge in [0.25, 0.3) is 0 Å². The topological polar surface area (TPSA) is 111 Å². The Balaban J connectivity index is 3.96. The maximum Gasteiger partial charge on any atom is 0.306 e. The lowest BCUT2D eigenvalue weighted by molar-refractivity contribution is -0.870. The molecule has 0 amide bonds. The Hall–Kier alpha value is -3.27. The number of ether oxygens (including phenoxy) is 4. The first-order valence-electron chi connectivity index (χ1n) is 35.1. The lowest BCUT2D eigenvalue weighted by Crippen LogP contribution is -2.44.